The fraction of sp³-hybridized carbons (Fsp3) is 0.583. The molecule has 0 aliphatic heterocycles. The third-order valence-corrected chi connectivity index (χ3v) is 2.22. The van der Waals surface area contributed by atoms with E-state index in [1.165, 1.54) is 6.20 Å². The van der Waals surface area contributed by atoms with Gasteiger partial charge in [-0.3, -0.25) is 0 Å². The first-order valence-corrected chi connectivity index (χ1v) is 5.66. The molecular weight excluding hydrogens is 223 g/mol. The summed E-state index contributed by atoms with van der Waals surface area (Å²) in [6.07, 6.45) is 0.797. The number of rotatable bonds is 6. The summed E-state index contributed by atoms with van der Waals surface area (Å²) in [5.74, 6) is -0.537. The fourth-order valence-corrected chi connectivity index (χ4v) is 1.22. The number of aliphatic hydroxyl groups is 1. The van der Waals surface area contributed by atoms with Gasteiger partial charge in [0.1, 0.15) is 12.7 Å². The molecule has 0 aliphatic rings. The van der Waals surface area contributed by atoms with Gasteiger partial charge in [0.05, 0.1) is 0 Å². The van der Waals surface area contributed by atoms with Crippen molar-refractivity contribution in [1.82, 2.24) is 10.3 Å². The zero-order valence-electron chi connectivity index (χ0n) is 10.4. The van der Waals surface area contributed by atoms with Gasteiger partial charge in [0.2, 0.25) is 0 Å². The van der Waals surface area contributed by atoms with E-state index in [0.717, 1.165) is 0 Å². The maximum Gasteiger partial charge on any atom is 0.250 e. The van der Waals surface area contributed by atoms with Crippen molar-refractivity contribution in [1.29, 1.82) is 0 Å². The van der Waals surface area contributed by atoms with E-state index in [0.29, 0.717) is 18.2 Å². The molecule has 0 amide bonds. The van der Waals surface area contributed by atoms with Crippen LogP contribution in [0.15, 0.2) is 12.3 Å². The minimum absolute atomic E-state index is 0.0209. The van der Waals surface area contributed by atoms with Gasteiger partial charge >= 0.3 is 0 Å². The van der Waals surface area contributed by atoms with Crippen molar-refractivity contribution in [3.63, 3.8) is 0 Å². The van der Waals surface area contributed by atoms with Crippen LogP contribution in [0, 0.1) is 12.7 Å². The Morgan fingerprint density at radius 3 is 2.88 bits per heavy atom. The van der Waals surface area contributed by atoms with Gasteiger partial charge < -0.3 is 15.2 Å². The van der Waals surface area contributed by atoms with Gasteiger partial charge in [-0.05, 0) is 18.6 Å². The molecule has 1 unspecified atom stereocenters. The third kappa shape index (κ3) is 4.66. The molecule has 0 aromatic carbocycles. The highest BCUT2D eigenvalue weighted by Gasteiger charge is 2.11. The minimum atomic E-state index is -0.681. The van der Waals surface area contributed by atoms with Crippen LogP contribution in [-0.4, -0.2) is 35.4 Å². The number of pyridine rings is 1. The Balaban J connectivity index is 2.42. The van der Waals surface area contributed by atoms with Crippen LogP contribution in [0.5, 0.6) is 5.88 Å². The van der Waals surface area contributed by atoms with Crippen molar-refractivity contribution in [2.75, 3.05) is 13.2 Å². The molecule has 0 saturated carbocycles. The molecule has 1 atom stereocenters. The standard InChI is InChI=1S/C12H19FN2O2/c1-8(2)15-6-10(16)7-17-12-11(13)9(3)4-5-14-12/h4-5,8,10,15-16H,6-7H2,1-3H3. The normalized spacial score (nSPS) is 12.8. The molecule has 17 heavy (non-hydrogen) atoms. The molecule has 96 valence electrons. The highest BCUT2D eigenvalue weighted by Crippen LogP contribution is 2.16. The van der Waals surface area contributed by atoms with Crippen LogP contribution in [0.3, 0.4) is 0 Å². The summed E-state index contributed by atoms with van der Waals surface area (Å²) in [5.41, 5.74) is 0.477. The monoisotopic (exact) mass is 242 g/mol. The Labute approximate surface area is 101 Å². The first kappa shape index (κ1) is 13.9. The van der Waals surface area contributed by atoms with Crippen molar-refractivity contribution in [2.24, 2.45) is 0 Å². The van der Waals surface area contributed by atoms with Crippen LogP contribution < -0.4 is 10.1 Å². The average Bonchev–Trinajstić information content (AvgIpc) is 2.28. The third-order valence-electron chi connectivity index (χ3n) is 2.22. The van der Waals surface area contributed by atoms with E-state index >= 15 is 0 Å². The van der Waals surface area contributed by atoms with E-state index in [2.05, 4.69) is 10.3 Å². The van der Waals surface area contributed by atoms with Crippen LogP contribution in [-0.2, 0) is 0 Å². The lowest BCUT2D eigenvalue weighted by molar-refractivity contribution is 0.0995. The zero-order chi connectivity index (χ0) is 12.8. The highest BCUT2D eigenvalue weighted by molar-refractivity contribution is 5.21. The van der Waals surface area contributed by atoms with Crippen LogP contribution >= 0.6 is 0 Å². The van der Waals surface area contributed by atoms with Crippen molar-refractivity contribution >= 4 is 0 Å². The van der Waals surface area contributed by atoms with Crippen LogP contribution in [0.1, 0.15) is 19.4 Å². The van der Waals surface area contributed by atoms with Gasteiger partial charge in [-0.15, -0.1) is 0 Å². The molecule has 0 bridgehead atoms. The average molecular weight is 242 g/mol. The van der Waals surface area contributed by atoms with Crippen LogP contribution in [0.4, 0.5) is 4.39 Å². The number of nitrogens with one attached hydrogen (secondary N) is 1. The molecule has 5 heteroatoms. The molecule has 1 rings (SSSR count). The van der Waals surface area contributed by atoms with Crippen molar-refractivity contribution < 1.29 is 14.2 Å². The predicted octanol–water partition coefficient (Wildman–Crippen LogP) is 1.27. The van der Waals surface area contributed by atoms with E-state index in [4.69, 9.17) is 4.74 Å². The maximum absolute atomic E-state index is 13.5. The smallest absolute Gasteiger partial charge is 0.250 e. The highest BCUT2D eigenvalue weighted by atomic mass is 19.1. The van der Waals surface area contributed by atoms with E-state index in [1.54, 1.807) is 13.0 Å². The van der Waals surface area contributed by atoms with E-state index in [-0.39, 0.29) is 12.5 Å². The second kappa shape index (κ2) is 6.51. The van der Waals surface area contributed by atoms with Gasteiger partial charge in [0, 0.05) is 18.8 Å². The Morgan fingerprint density at radius 2 is 2.24 bits per heavy atom. The molecule has 1 aromatic rings. The van der Waals surface area contributed by atoms with Gasteiger partial charge in [-0.2, -0.15) is 0 Å². The molecule has 1 aromatic heterocycles. The summed E-state index contributed by atoms with van der Waals surface area (Å²) >= 11 is 0. The van der Waals surface area contributed by atoms with Crippen molar-refractivity contribution in [2.45, 2.75) is 32.9 Å². The number of aliphatic hydroxyl groups excluding tert-OH is 1. The Kier molecular flexibility index (Phi) is 5.31. The molecule has 1 heterocycles. The number of aryl methyl sites for hydroxylation is 1. The first-order chi connectivity index (χ1) is 8.00. The lowest BCUT2D eigenvalue weighted by Gasteiger charge is -2.15. The van der Waals surface area contributed by atoms with Gasteiger partial charge in [0.15, 0.2) is 5.82 Å². The molecule has 0 aliphatic carbocycles. The Morgan fingerprint density at radius 1 is 1.53 bits per heavy atom. The number of hydrogen-bond acceptors (Lipinski definition) is 4. The second-order valence-corrected chi connectivity index (χ2v) is 4.27. The molecule has 0 fully saturated rings. The molecule has 0 spiro atoms. The predicted molar refractivity (Wildman–Crippen MR) is 63.6 cm³/mol. The van der Waals surface area contributed by atoms with Crippen LogP contribution in [0.25, 0.3) is 0 Å². The van der Waals surface area contributed by atoms with Gasteiger partial charge in [0.25, 0.3) is 5.88 Å². The topological polar surface area (TPSA) is 54.4 Å². The second-order valence-electron chi connectivity index (χ2n) is 4.27. The Hall–Kier alpha value is -1.20. The summed E-state index contributed by atoms with van der Waals surface area (Å²) < 4.78 is 18.6. The summed E-state index contributed by atoms with van der Waals surface area (Å²) in [7, 11) is 0. The first-order valence-electron chi connectivity index (χ1n) is 5.66. The van der Waals surface area contributed by atoms with Gasteiger partial charge in [-0.25, -0.2) is 9.37 Å². The molecule has 0 saturated heterocycles. The Bertz CT molecular complexity index is 358. The van der Waals surface area contributed by atoms with Gasteiger partial charge in [-0.1, -0.05) is 13.8 Å². The van der Waals surface area contributed by atoms with Crippen molar-refractivity contribution in [3.8, 4) is 5.88 Å². The van der Waals surface area contributed by atoms with E-state index in [1.807, 2.05) is 13.8 Å². The van der Waals surface area contributed by atoms with E-state index in [9.17, 15) is 9.50 Å². The minimum Gasteiger partial charge on any atom is -0.473 e. The number of halogens is 1. The fourth-order valence-electron chi connectivity index (χ4n) is 1.22. The van der Waals surface area contributed by atoms with Crippen molar-refractivity contribution in [3.05, 3.63) is 23.6 Å². The number of ether oxygens (including phenoxy) is 1. The summed E-state index contributed by atoms with van der Waals surface area (Å²) in [4.78, 5) is 3.78. The largest absolute Gasteiger partial charge is 0.473 e. The zero-order valence-corrected chi connectivity index (χ0v) is 10.4. The maximum atomic E-state index is 13.5. The number of hydrogen-bond donors (Lipinski definition) is 2. The number of aromatic nitrogens is 1. The summed E-state index contributed by atoms with van der Waals surface area (Å²) in [6.45, 7) is 6.03. The lowest BCUT2D eigenvalue weighted by atomic mass is 10.3. The molecule has 0 radical (unpaired) electrons. The molecule has 2 N–H and O–H groups in total. The van der Waals surface area contributed by atoms with Crippen LogP contribution in [0.2, 0.25) is 0 Å². The summed E-state index contributed by atoms with van der Waals surface area (Å²) in [5, 5.41) is 12.6. The number of nitrogens with zero attached hydrogens (tertiary/aromatic N) is 1. The molecule has 4 nitrogen and oxygen atoms in total. The quantitative estimate of drug-likeness (QED) is 0.788. The molecular formula is C12H19FN2O2. The summed E-state index contributed by atoms with van der Waals surface area (Å²) in [6, 6.07) is 1.86. The van der Waals surface area contributed by atoms with E-state index < -0.39 is 11.9 Å². The lowest BCUT2D eigenvalue weighted by Crippen LogP contribution is -2.35. The SMILES string of the molecule is Cc1ccnc(OCC(O)CNC(C)C)c1F.